The summed E-state index contributed by atoms with van der Waals surface area (Å²) in [5.41, 5.74) is 1.86. The summed E-state index contributed by atoms with van der Waals surface area (Å²) in [6.45, 7) is 15.3. The van der Waals surface area contributed by atoms with Gasteiger partial charge in [-0.2, -0.15) is 5.06 Å². The topological polar surface area (TPSA) is 32.7 Å². The van der Waals surface area contributed by atoms with Crippen molar-refractivity contribution < 1.29 is 9.63 Å². The van der Waals surface area contributed by atoms with Gasteiger partial charge in [-0.05, 0) is 23.0 Å². The van der Waals surface area contributed by atoms with Crippen molar-refractivity contribution in [2.45, 2.75) is 70.7 Å². The van der Waals surface area contributed by atoms with E-state index in [-0.39, 0.29) is 6.10 Å². The van der Waals surface area contributed by atoms with E-state index in [1.807, 2.05) is 0 Å². The average Bonchev–Trinajstić information content (AvgIpc) is 2.58. The summed E-state index contributed by atoms with van der Waals surface area (Å²) in [5.74, 6) is 0. The minimum Gasteiger partial charge on any atom is -0.412 e. The Morgan fingerprint density at radius 1 is 1.06 bits per heavy atom. The molecular weight excluding hydrogens is 230 g/mol. The second-order valence-electron chi connectivity index (χ2n) is 6.26. The van der Waals surface area contributed by atoms with Gasteiger partial charge in [0.2, 0.25) is 8.32 Å². The first-order valence-corrected chi connectivity index (χ1v) is 9.06. The van der Waals surface area contributed by atoms with E-state index >= 15 is 0 Å². The Kier molecular flexibility index (Phi) is 5.19. The van der Waals surface area contributed by atoms with Gasteiger partial charge in [0, 0.05) is 13.1 Å². The van der Waals surface area contributed by atoms with Crippen molar-refractivity contribution in [3.05, 3.63) is 0 Å². The third kappa shape index (κ3) is 3.11. The van der Waals surface area contributed by atoms with E-state index in [2.05, 4.69) is 41.5 Å². The molecule has 0 aliphatic carbocycles. The molecule has 1 N–H and O–H groups in total. The van der Waals surface area contributed by atoms with Crippen LogP contribution in [0, 0.1) is 0 Å². The van der Waals surface area contributed by atoms with Crippen molar-refractivity contribution in [2.75, 3.05) is 13.1 Å². The van der Waals surface area contributed by atoms with E-state index in [0.717, 1.165) is 13.0 Å². The molecule has 0 saturated carbocycles. The molecule has 0 radical (unpaired) electrons. The van der Waals surface area contributed by atoms with Crippen molar-refractivity contribution in [3.8, 4) is 0 Å². The molecule has 0 aromatic carbocycles. The van der Waals surface area contributed by atoms with Crippen molar-refractivity contribution in [2.24, 2.45) is 0 Å². The van der Waals surface area contributed by atoms with E-state index in [1.54, 1.807) is 0 Å². The minimum absolute atomic E-state index is 0.235. The fourth-order valence-corrected chi connectivity index (χ4v) is 9.09. The van der Waals surface area contributed by atoms with Crippen LogP contribution in [0.1, 0.15) is 48.0 Å². The van der Waals surface area contributed by atoms with Crippen molar-refractivity contribution in [1.82, 2.24) is 5.06 Å². The molecule has 0 amide bonds. The molecular formula is C13H29NO2Si. The molecule has 1 atom stereocenters. The van der Waals surface area contributed by atoms with Gasteiger partial charge < -0.3 is 9.63 Å². The molecule has 0 spiro atoms. The number of nitrogens with zero attached hydrogens (tertiary/aromatic N) is 1. The monoisotopic (exact) mass is 259 g/mol. The largest absolute Gasteiger partial charge is 0.412 e. The lowest BCUT2D eigenvalue weighted by molar-refractivity contribution is -0.0753. The third-order valence-electron chi connectivity index (χ3n) is 4.20. The predicted molar refractivity (Wildman–Crippen MR) is 73.9 cm³/mol. The Balaban J connectivity index is 2.82. The van der Waals surface area contributed by atoms with Crippen molar-refractivity contribution >= 4 is 8.32 Å². The van der Waals surface area contributed by atoms with E-state index in [1.165, 1.54) is 5.06 Å². The zero-order chi connectivity index (χ0) is 13.2. The van der Waals surface area contributed by atoms with Crippen LogP contribution in [0.2, 0.25) is 16.6 Å². The van der Waals surface area contributed by atoms with Gasteiger partial charge >= 0.3 is 0 Å². The highest BCUT2D eigenvalue weighted by Crippen LogP contribution is 2.43. The quantitative estimate of drug-likeness (QED) is 0.765. The van der Waals surface area contributed by atoms with Crippen LogP contribution in [-0.2, 0) is 4.43 Å². The molecule has 0 aromatic heterocycles. The van der Waals surface area contributed by atoms with Gasteiger partial charge in [-0.25, -0.2) is 0 Å². The Hall–Kier alpha value is 0.0969. The molecule has 1 aliphatic heterocycles. The van der Waals surface area contributed by atoms with Gasteiger partial charge in [-0.1, -0.05) is 41.5 Å². The maximum absolute atomic E-state index is 9.48. The minimum atomic E-state index is -1.76. The first-order chi connectivity index (χ1) is 7.80. The van der Waals surface area contributed by atoms with Gasteiger partial charge in [-0.3, -0.25) is 0 Å². The molecule has 1 fully saturated rings. The molecule has 0 aromatic rings. The zero-order valence-electron chi connectivity index (χ0n) is 12.2. The summed E-state index contributed by atoms with van der Waals surface area (Å²) in [4.78, 5) is 0. The number of hydrogen-bond acceptors (Lipinski definition) is 3. The highest BCUT2D eigenvalue weighted by atomic mass is 28.4. The SMILES string of the molecule is CC(C)[Si](O[C@H]1CCN(O)C1)(C(C)C)C(C)C. The molecule has 0 bridgehead atoms. The first kappa shape index (κ1) is 15.2. The number of rotatable bonds is 5. The lowest BCUT2D eigenvalue weighted by atomic mass is 10.3. The highest BCUT2D eigenvalue weighted by Gasteiger charge is 2.47. The molecule has 17 heavy (non-hydrogen) atoms. The normalized spacial score (nSPS) is 23.3. The van der Waals surface area contributed by atoms with Gasteiger partial charge in [0.15, 0.2) is 0 Å². The van der Waals surface area contributed by atoms with E-state index in [9.17, 15) is 5.21 Å². The molecule has 1 heterocycles. The predicted octanol–water partition coefficient (Wildman–Crippen LogP) is 3.64. The number of hydrogen-bond donors (Lipinski definition) is 1. The van der Waals surface area contributed by atoms with Crippen molar-refractivity contribution in [3.63, 3.8) is 0 Å². The van der Waals surface area contributed by atoms with E-state index in [4.69, 9.17) is 4.43 Å². The van der Waals surface area contributed by atoms with Crippen LogP contribution in [0.4, 0.5) is 0 Å². The molecule has 1 rings (SSSR count). The summed E-state index contributed by atoms with van der Waals surface area (Å²) >= 11 is 0. The van der Waals surface area contributed by atoms with Crippen LogP contribution in [0.15, 0.2) is 0 Å². The maximum atomic E-state index is 9.48. The summed E-state index contributed by atoms with van der Waals surface area (Å²) in [5, 5.41) is 10.9. The standard InChI is InChI=1S/C13H29NO2Si/c1-10(2)17(11(3)4,12(5)6)16-13-7-8-14(15)9-13/h10-13,15H,7-9H2,1-6H3/t13-/m0/s1. The molecule has 1 aliphatic rings. The van der Waals surface area contributed by atoms with E-state index < -0.39 is 8.32 Å². The maximum Gasteiger partial charge on any atom is 0.200 e. The second kappa shape index (κ2) is 5.82. The Morgan fingerprint density at radius 3 is 1.82 bits per heavy atom. The summed E-state index contributed by atoms with van der Waals surface area (Å²) in [6.07, 6.45) is 1.20. The first-order valence-electron chi connectivity index (χ1n) is 6.92. The van der Waals surface area contributed by atoms with Crippen LogP contribution in [-0.4, -0.2) is 37.8 Å². The van der Waals surface area contributed by atoms with Crippen LogP contribution >= 0.6 is 0 Å². The van der Waals surface area contributed by atoms with Crippen LogP contribution in [0.25, 0.3) is 0 Å². The zero-order valence-corrected chi connectivity index (χ0v) is 13.2. The molecule has 1 saturated heterocycles. The molecule has 3 nitrogen and oxygen atoms in total. The van der Waals surface area contributed by atoms with Crippen LogP contribution in [0.5, 0.6) is 0 Å². The van der Waals surface area contributed by atoms with Gasteiger partial charge in [0.05, 0.1) is 6.10 Å². The van der Waals surface area contributed by atoms with E-state index in [0.29, 0.717) is 23.2 Å². The number of hydroxylamine groups is 2. The lowest BCUT2D eigenvalue weighted by Crippen LogP contribution is -2.50. The summed E-state index contributed by atoms with van der Waals surface area (Å²) in [6, 6.07) is 0. The highest BCUT2D eigenvalue weighted by molar-refractivity contribution is 6.77. The summed E-state index contributed by atoms with van der Waals surface area (Å²) in [7, 11) is -1.76. The van der Waals surface area contributed by atoms with Crippen molar-refractivity contribution in [1.29, 1.82) is 0 Å². The average molecular weight is 259 g/mol. The Morgan fingerprint density at radius 2 is 1.53 bits per heavy atom. The fraction of sp³-hybridized carbons (Fsp3) is 1.00. The third-order valence-corrected chi connectivity index (χ3v) is 10.4. The smallest absolute Gasteiger partial charge is 0.200 e. The lowest BCUT2D eigenvalue weighted by Gasteiger charge is -2.44. The molecule has 0 unspecified atom stereocenters. The van der Waals surface area contributed by atoms with Gasteiger partial charge in [0.1, 0.15) is 0 Å². The van der Waals surface area contributed by atoms with Crippen LogP contribution in [0.3, 0.4) is 0 Å². The summed E-state index contributed by atoms with van der Waals surface area (Å²) < 4.78 is 6.59. The molecule has 4 heteroatoms. The Bertz CT molecular complexity index is 222. The molecule has 102 valence electrons. The Labute approximate surface area is 107 Å². The van der Waals surface area contributed by atoms with Gasteiger partial charge in [-0.15, -0.1) is 0 Å². The fourth-order valence-electron chi connectivity index (χ4n) is 3.50. The second-order valence-corrected chi connectivity index (χ2v) is 11.7. The van der Waals surface area contributed by atoms with Gasteiger partial charge in [0.25, 0.3) is 0 Å². The van der Waals surface area contributed by atoms with Crippen LogP contribution < -0.4 is 0 Å².